The van der Waals surface area contributed by atoms with Gasteiger partial charge < -0.3 is 25.3 Å². The number of anilines is 2. The number of nitrogens with one attached hydrogen (secondary N) is 2. The van der Waals surface area contributed by atoms with E-state index < -0.39 is 0 Å². The topological polar surface area (TPSA) is 46.7 Å². The van der Waals surface area contributed by atoms with Crippen molar-refractivity contribution in [2.24, 2.45) is 0 Å². The number of thiocarbonyl (C=S) groups is 1. The van der Waals surface area contributed by atoms with Gasteiger partial charge in [-0.25, -0.2) is 4.98 Å². The Morgan fingerprint density at radius 2 is 1.84 bits per heavy atom. The minimum atomic E-state index is 0.681. The van der Waals surface area contributed by atoms with E-state index >= 15 is 0 Å². The maximum Gasteiger partial charge on any atom is 0.170 e. The minimum Gasteiger partial charge on any atom is -0.362 e. The molecule has 1 aliphatic rings. The summed E-state index contributed by atoms with van der Waals surface area (Å²) in [7, 11) is 2.18. The van der Waals surface area contributed by atoms with Crippen LogP contribution in [0.5, 0.6) is 0 Å². The van der Waals surface area contributed by atoms with Gasteiger partial charge in [-0.2, -0.15) is 0 Å². The lowest BCUT2D eigenvalue weighted by molar-refractivity contribution is 0.280. The van der Waals surface area contributed by atoms with Gasteiger partial charge in [-0.3, -0.25) is 0 Å². The molecule has 6 nitrogen and oxygen atoms in total. The van der Waals surface area contributed by atoms with Crippen molar-refractivity contribution in [3.05, 3.63) is 30.0 Å². The average molecular weight is 457 g/mol. The van der Waals surface area contributed by atoms with Gasteiger partial charge >= 0.3 is 0 Å². The molecule has 0 spiro atoms. The monoisotopic (exact) mass is 456 g/mol. The predicted molar refractivity (Wildman–Crippen MR) is 142 cm³/mol. The van der Waals surface area contributed by atoms with E-state index in [9.17, 15) is 0 Å². The third-order valence-electron chi connectivity index (χ3n) is 6.31. The number of aryl methyl sites for hydroxylation is 1. The highest BCUT2D eigenvalue weighted by atomic mass is 32.1. The summed E-state index contributed by atoms with van der Waals surface area (Å²) >= 11 is 5.52. The van der Waals surface area contributed by atoms with Gasteiger partial charge in [0.05, 0.1) is 0 Å². The van der Waals surface area contributed by atoms with Gasteiger partial charge in [0.25, 0.3) is 0 Å². The van der Waals surface area contributed by atoms with Gasteiger partial charge in [0.15, 0.2) is 5.11 Å². The first kappa shape index (κ1) is 24.7. The summed E-state index contributed by atoms with van der Waals surface area (Å²) in [4.78, 5) is 12.2. The van der Waals surface area contributed by atoms with Crippen molar-refractivity contribution in [2.45, 2.75) is 40.0 Å². The van der Waals surface area contributed by atoms with Crippen LogP contribution in [-0.4, -0.2) is 79.3 Å². The lowest BCUT2D eigenvalue weighted by atomic mass is 10.1. The fourth-order valence-electron chi connectivity index (χ4n) is 4.16. The van der Waals surface area contributed by atoms with E-state index in [-0.39, 0.29) is 0 Å². The fourth-order valence-corrected chi connectivity index (χ4v) is 4.38. The fraction of sp³-hybridized carbons (Fsp3) is 0.600. The highest BCUT2D eigenvalue weighted by Gasteiger charge is 2.16. The molecule has 0 saturated carbocycles. The molecule has 0 aliphatic carbocycles. The van der Waals surface area contributed by atoms with E-state index in [4.69, 9.17) is 17.2 Å². The molecule has 0 amide bonds. The van der Waals surface area contributed by atoms with E-state index in [1.54, 1.807) is 0 Å². The molecule has 7 heteroatoms. The summed E-state index contributed by atoms with van der Waals surface area (Å²) in [5, 5.41) is 9.77. The van der Waals surface area contributed by atoms with Crippen molar-refractivity contribution < 1.29 is 0 Å². The molecule has 2 aromatic rings. The second kappa shape index (κ2) is 12.3. The van der Waals surface area contributed by atoms with Crippen molar-refractivity contribution in [2.75, 3.05) is 69.6 Å². The Morgan fingerprint density at radius 1 is 1.09 bits per heavy atom. The van der Waals surface area contributed by atoms with Crippen molar-refractivity contribution in [1.82, 2.24) is 20.1 Å². The van der Waals surface area contributed by atoms with Crippen LogP contribution < -0.4 is 15.5 Å². The number of likely N-dealkylation sites (N-methyl/N-ethyl adjacent to an activating group) is 1. The molecule has 0 atom stereocenters. The molecular formula is C25H40N6S. The maximum atomic E-state index is 5.52. The Balaban J connectivity index is 1.53. The molecule has 2 heterocycles. The van der Waals surface area contributed by atoms with E-state index in [0.29, 0.717) is 5.11 Å². The number of pyridine rings is 1. The van der Waals surface area contributed by atoms with Gasteiger partial charge in [-0.15, -0.1) is 0 Å². The van der Waals surface area contributed by atoms with E-state index in [2.05, 4.69) is 77.4 Å². The number of piperazine rings is 1. The van der Waals surface area contributed by atoms with Gasteiger partial charge in [-0.05, 0) is 82.3 Å². The first-order chi connectivity index (χ1) is 15.5. The Bertz CT molecular complexity index is 878. The van der Waals surface area contributed by atoms with Crippen molar-refractivity contribution in [3.63, 3.8) is 0 Å². The first-order valence-corrected chi connectivity index (χ1v) is 12.5. The molecule has 1 fully saturated rings. The van der Waals surface area contributed by atoms with E-state index in [0.717, 1.165) is 69.4 Å². The van der Waals surface area contributed by atoms with Gasteiger partial charge in [0, 0.05) is 49.5 Å². The summed E-state index contributed by atoms with van der Waals surface area (Å²) in [5.41, 5.74) is 2.07. The van der Waals surface area contributed by atoms with Crippen LogP contribution in [0.3, 0.4) is 0 Å². The molecule has 0 unspecified atom stereocenters. The van der Waals surface area contributed by atoms with Crippen LogP contribution in [0.4, 0.5) is 11.5 Å². The zero-order valence-electron chi connectivity index (χ0n) is 20.3. The maximum absolute atomic E-state index is 5.52. The Labute approximate surface area is 199 Å². The number of unbranched alkanes of at least 4 members (excludes halogenated alkanes) is 1. The summed E-state index contributed by atoms with van der Waals surface area (Å²) < 4.78 is 0. The summed E-state index contributed by atoms with van der Waals surface area (Å²) in [5.74, 6) is 1.08. The van der Waals surface area contributed by atoms with Crippen LogP contribution in [0.2, 0.25) is 0 Å². The zero-order valence-corrected chi connectivity index (χ0v) is 21.1. The molecule has 0 radical (unpaired) electrons. The summed E-state index contributed by atoms with van der Waals surface area (Å²) in [6, 6.07) is 8.64. The number of hydrogen-bond acceptors (Lipinski definition) is 5. The number of benzene rings is 1. The third kappa shape index (κ3) is 7.02. The lowest BCUT2D eigenvalue weighted by Gasteiger charge is -2.33. The number of nitrogens with zero attached hydrogens (tertiary/aromatic N) is 4. The number of aromatic nitrogens is 1. The highest BCUT2D eigenvalue weighted by molar-refractivity contribution is 7.80. The quantitative estimate of drug-likeness (QED) is 0.412. The molecule has 3 rings (SSSR count). The Kier molecular flexibility index (Phi) is 9.51. The molecular weight excluding hydrogens is 416 g/mol. The molecule has 0 bridgehead atoms. The molecule has 1 saturated heterocycles. The molecule has 1 aromatic heterocycles. The van der Waals surface area contributed by atoms with Crippen LogP contribution in [0, 0.1) is 6.92 Å². The van der Waals surface area contributed by atoms with Crippen molar-refractivity contribution >= 4 is 39.6 Å². The SMILES string of the molecule is CCCCN(CC)CCCNC(=S)Nc1ccc2cc(N3CCN(C)CC3)nc(C)c2c1. The number of fused-ring (bicyclic) bond motifs is 1. The van der Waals surface area contributed by atoms with Gasteiger partial charge in [-0.1, -0.05) is 26.3 Å². The normalized spacial score (nSPS) is 14.8. The average Bonchev–Trinajstić information content (AvgIpc) is 2.79. The molecule has 1 aromatic carbocycles. The summed E-state index contributed by atoms with van der Waals surface area (Å²) in [6.07, 6.45) is 3.62. The molecule has 32 heavy (non-hydrogen) atoms. The standard InChI is InChI=1S/C25H40N6S/c1-5-7-12-30(6-2)13-8-11-26-25(32)28-22-10-9-21-18-24(27-20(3)23(21)19-22)31-16-14-29(4)15-17-31/h9-10,18-19H,5-8,11-17H2,1-4H3,(H2,26,28,32). The third-order valence-corrected chi connectivity index (χ3v) is 6.55. The number of hydrogen-bond donors (Lipinski definition) is 2. The van der Waals surface area contributed by atoms with E-state index in [1.807, 2.05) is 0 Å². The largest absolute Gasteiger partial charge is 0.362 e. The van der Waals surface area contributed by atoms with Crippen LogP contribution in [0.1, 0.15) is 38.8 Å². The smallest absolute Gasteiger partial charge is 0.170 e. The van der Waals surface area contributed by atoms with E-state index in [1.165, 1.54) is 30.2 Å². The minimum absolute atomic E-state index is 0.681. The summed E-state index contributed by atoms with van der Waals surface area (Å²) in [6.45, 7) is 15.1. The van der Waals surface area contributed by atoms with Gasteiger partial charge in [0.2, 0.25) is 0 Å². The van der Waals surface area contributed by atoms with Crippen LogP contribution in [-0.2, 0) is 0 Å². The first-order valence-electron chi connectivity index (χ1n) is 12.1. The lowest BCUT2D eigenvalue weighted by Crippen LogP contribution is -2.44. The van der Waals surface area contributed by atoms with Crippen molar-refractivity contribution in [1.29, 1.82) is 0 Å². The predicted octanol–water partition coefficient (Wildman–Crippen LogP) is 4.09. The van der Waals surface area contributed by atoms with Crippen LogP contribution in [0.25, 0.3) is 10.8 Å². The number of rotatable bonds is 10. The Morgan fingerprint density at radius 3 is 2.56 bits per heavy atom. The molecule has 176 valence electrons. The second-order valence-electron chi connectivity index (χ2n) is 8.81. The van der Waals surface area contributed by atoms with Crippen LogP contribution >= 0.6 is 12.2 Å². The van der Waals surface area contributed by atoms with Crippen molar-refractivity contribution in [3.8, 4) is 0 Å². The molecule has 2 N–H and O–H groups in total. The highest BCUT2D eigenvalue weighted by Crippen LogP contribution is 2.26. The molecule has 1 aliphatic heterocycles. The van der Waals surface area contributed by atoms with Crippen LogP contribution in [0.15, 0.2) is 24.3 Å². The van der Waals surface area contributed by atoms with Gasteiger partial charge in [0.1, 0.15) is 5.82 Å². The zero-order chi connectivity index (χ0) is 22.9. The Hall–Kier alpha value is -1.96. The second-order valence-corrected chi connectivity index (χ2v) is 9.22.